The number of carbonyl (C=O) groups is 3. The molecule has 1 aromatic rings. The van der Waals surface area contributed by atoms with Crippen molar-refractivity contribution < 1.29 is 28.6 Å². The Morgan fingerprint density at radius 3 is 2.00 bits per heavy atom. The van der Waals surface area contributed by atoms with Gasteiger partial charge in [0.05, 0.1) is 25.9 Å². The van der Waals surface area contributed by atoms with E-state index >= 15 is 0 Å². The highest BCUT2D eigenvalue weighted by Gasteiger charge is 2.51. The minimum atomic E-state index is -2.10. The third-order valence-electron chi connectivity index (χ3n) is 3.92. The lowest BCUT2D eigenvalue weighted by atomic mass is 9.87. The first kappa shape index (κ1) is 23.0. The van der Waals surface area contributed by atoms with Crippen molar-refractivity contribution in [1.29, 1.82) is 5.26 Å². The van der Waals surface area contributed by atoms with Crippen LogP contribution in [0.4, 0.5) is 4.79 Å². The van der Waals surface area contributed by atoms with E-state index in [0.29, 0.717) is 12.0 Å². The standard InChI is InChI=1S/C20H26N2O6/c1-4-26-17(23)20(18(24)27-5-2,22-19(25)28-6-3)14-16-11-8-7-10-15(16)12-9-13-21/h7-8,10-11H,4-6,9,12,14H2,1-3H3,(H,22,25). The van der Waals surface area contributed by atoms with Crippen LogP contribution < -0.4 is 5.32 Å². The second kappa shape index (κ2) is 11.6. The van der Waals surface area contributed by atoms with Gasteiger partial charge in [-0.25, -0.2) is 14.4 Å². The predicted octanol–water partition coefficient (Wildman–Crippen LogP) is 2.30. The normalized spacial score (nSPS) is 10.5. The number of carbonyl (C=O) groups excluding carboxylic acids is 3. The van der Waals surface area contributed by atoms with Gasteiger partial charge in [-0.15, -0.1) is 0 Å². The van der Waals surface area contributed by atoms with Crippen molar-refractivity contribution in [3.63, 3.8) is 0 Å². The molecule has 1 aromatic carbocycles. The molecule has 0 aliphatic carbocycles. The summed E-state index contributed by atoms with van der Waals surface area (Å²) in [6, 6.07) is 9.14. The van der Waals surface area contributed by atoms with E-state index in [4.69, 9.17) is 19.5 Å². The van der Waals surface area contributed by atoms with E-state index < -0.39 is 23.6 Å². The van der Waals surface area contributed by atoms with Crippen molar-refractivity contribution in [1.82, 2.24) is 5.32 Å². The SMILES string of the molecule is CCOC(=O)NC(Cc1ccccc1CCC#N)(C(=O)OCC)C(=O)OCC. The van der Waals surface area contributed by atoms with Gasteiger partial charge in [-0.3, -0.25) is 5.32 Å². The molecule has 152 valence electrons. The topological polar surface area (TPSA) is 115 Å². The van der Waals surface area contributed by atoms with Crippen LogP contribution >= 0.6 is 0 Å². The largest absolute Gasteiger partial charge is 0.464 e. The first-order valence-electron chi connectivity index (χ1n) is 9.18. The van der Waals surface area contributed by atoms with Gasteiger partial charge < -0.3 is 14.2 Å². The van der Waals surface area contributed by atoms with Gasteiger partial charge in [0.25, 0.3) is 0 Å². The second-order valence-corrected chi connectivity index (χ2v) is 5.80. The highest BCUT2D eigenvalue weighted by molar-refractivity contribution is 6.07. The van der Waals surface area contributed by atoms with Crippen molar-refractivity contribution in [2.24, 2.45) is 0 Å². The molecule has 0 aliphatic heterocycles. The molecule has 1 N–H and O–H groups in total. The summed E-state index contributed by atoms with van der Waals surface area (Å²) in [4.78, 5) is 37.7. The van der Waals surface area contributed by atoms with Crippen LogP contribution in [0.5, 0.6) is 0 Å². The van der Waals surface area contributed by atoms with Crippen LogP contribution in [0, 0.1) is 11.3 Å². The van der Waals surface area contributed by atoms with Crippen LogP contribution in [0.15, 0.2) is 24.3 Å². The third-order valence-corrected chi connectivity index (χ3v) is 3.92. The molecule has 1 amide bonds. The van der Waals surface area contributed by atoms with Crippen LogP contribution in [0.2, 0.25) is 0 Å². The summed E-state index contributed by atoms with van der Waals surface area (Å²) in [7, 11) is 0. The Kier molecular flexibility index (Phi) is 9.51. The number of hydrogen-bond acceptors (Lipinski definition) is 7. The summed E-state index contributed by atoms with van der Waals surface area (Å²) in [5.74, 6) is -1.87. The average molecular weight is 390 g/mol. The maximum atomic E-state index is 12.8. The zero-order valence-corrected chi connectivity index (χ0v) is 16.4. The molecule has 0 aromatic heterocycles. The molecular weight excluding hydrogens is 364 g/mol. The first-order valence-corrected chi connectivity index (χ1v) is 9.18. The van der Waals surface area contributed by atoms with Gasteiger partial charge in [0.1, 0.15) is 0 Å². The third kappa shape index (κ3) is 5.98. The number of rotatable bonds is 10. The number of alkyl carbamates (subject to hydrolysis) is 1. The summed E-state index contributed by atoms with van der Waals surface area (Å²) in [5, 5.41) is 11.2. The molecule has 0 saturated carbocycles. The van der Waals surface area contributed by atoms with Gasteiger partial charge >= 0.3 is 18.0 Å². The summed E-state index contributed by atoms with van der Waals surface area (Å²) in [6.45, 7) is 4.89. The van der Waals surface area contributed by atoms with Crippen molar-refractivity contribution in [3.8, 4) is 6.07 Å². The number of nitrogens with one attached hydrogen (secondary N) is 1. The molecule has 0 saturated heterocycles. The number of benzene rings is 1. The zero-order valence-electron chi connectivity index (χ0n) is 16.4. The van der Waals surface area contributed by atoms with Crippen LogP contribution in [-0.4, -0.2) is 43.4 Å². The first-order chi connectivity index (χ1) is 13.4. The van der Waals surface area contributed by atoms with Crippen LogP contribution in [0.1, 0.15) is 38.3 Å². The summed E-state index contributed by atoms with van der Waals surface area (Å²) in [5.41, 5.74) is -0.690. The molecule has 28 heavy (non-hydrogen) atoms. The molecule has 0 heterocycles. The van der Waals surface area contributed by atoms with Gasteiger partial charge in [-0.05, 0) is 38.3 Å². The minimum absolute atomic E-state index is 0.0145. The Morgan fingerprint density at radius 2 is 1.50 bits per heavy atom. The summed E-state index contributed by atoms with van der Waals surface area (Å²) in [6.07, 6.45) is -0.411. The summed E-state index contributed by atoms with van der Waals surface area (Å²) < 4.78 is 15.0. The minimum Gasteiger partial charge on any atom is -0.464 e. The molecule has 8 heteroatoms. The molecule has 8 nitrogen and oxygen atoms in total. The van der Waals surface area contributed by atoms with E-state index in [1.165, 1.54) is 0 Å². The number of ether oxygens (including phenoxy) is 3. The average Bonchev–Trinajstić information content (AvgIpc) is 2.67. The number of hydrogen-bond donors (Lipinski definition) is 1. The predicted molar refractivity (Wildman–Crippen MR) is 100 cm³/mol. The summed E-state index contributed by atoms with van der Waals surface area (Å²) >= 11 is 0. The monoisotopic (exact) mass is 390 g/mol. The fraction of sp³-hybridized carbons (Fsp3) is 0.500. The van der Waals surface area contributed by atoms with E-state index in [0.717, 1.165) is 5.56 Å². The van der Waals surface area contributed by atoms with Crippen molar-refractivity contribution >= 4 is 18.0 Å². The van der Waals surface area contributed by atoms with Crippen molar-refractivity contribution in [2.45, 2.75) is 45.6 Å². The van der Waals surface area contributed by atoms with Gasteiger partial charge in [0.2, 0.25) is 5.54 Å². The second-order valence-electron chi connectivity index (χ2n) is 5.80. The Balaban J connectivity index is 3.42. The van der Waals surface area contributed by atoms with Gasteiger partial charge in [0, 0.05) is 12.8 Å². The van der Waals surface area contributed by atoms with Gasteiger partial charge in [-0.2, -0.15) is 5.26 Å². The lowest BCUT2D eigenvalue weighted by molar-refractivity contribution is -0.166. The number of amides is 1. The fourth-order valence-corrected chi connectivity index (χ4v) is 2.67. The van der Waals surface area contributed by atoms with E-state index in [-0.39, 0.29) is 32.7 Å². The number of aryl methyl sites for hydroxylation is 1. The smallest absolute Gasteiger partial charge is 0.408 e. The van der Waals surface area contributed by atoms with Crippen LogP contribution in [0.25, 0.3) is 0 Å². The van der Waals surface area contributed by atoms with Gasteiger partial charge in [0.15, 0.2) is 0 Å². The van der Waals surface area contributed by atoms with Crippen molar-refractivity contribution in [3.05, 3.63) is 35.4 Å². The van der Waals surface area contributed by atoms with E-state index in [1.807, 2.05) is 0 Å². The molecule has 0 aliphatic rings. The Bertz CT molecular complexity index is 708. The molecular formula is C20H26N2O6. The molecule has 0 unspecified atom stereocenters. The number of nitriles is 1. The maximum Gasteiger partial charge on any atom is 0.408 e. The van der Waals surface area contributed by atoms with Crippen molar-refractivity contribution in [2.75, 3.05) is 19.8 Å². The van der Waals surface area contributed by atoms with E-state index in [9.17, 15) is 14.4 Å². The Hall–Kier alpha value is -3.08. The molecule has 0 spiro atoms. The highest BCUT2D eigenvalue weighted by atomic mass is 16.6. The molecule has 1 rings (SSSR count). The lowest BCUT2D eigenvalue weighted by Crippen LogP contribution is -2.63. The van der Waals surface area contributed by atoms with Crippen LogP contribution in [0.3, 0.4) is 0 Å². The Labute approximate surface area is 164 Å². The molecule has 0 bridgehead atoms. The number of nitrogens with zero attached hydrogens (tertiary/aromatic N) is 1. The fourth-order valence-electron chi connectivity index (χ4n) is 2.67. The van der Waals surface area contributed by atoms with E-state index in [2.05, 4.69) is 11.4 Å². The maximum absolute atomic E-state index is 12.8. The molecule has 0 fully saturated rings. The van der Waals surface area contributed by atoms with Crippen LogP contribution in [-0.2, 0) is 36.6 Å². The van der Waals surface area contributed by atoms with E-state index in [1.54, 1.807) is 45.0 Å². The lowest BCUT2D eigenvalue weighted by Gasteiger charge is -2.30. The number of esters is 2. The Morgan fingerprint density at radius 1 is 0.964 bits per heavy atom. The molecule has 0 radical (unpaired) electrons. The van der Waals surface area contributed by atoms with Gasteiger partial charge in [-0.1, -0.05) is 24.3 Å². The zero-order chi connectivity index (χ0) is 21.0. The highest BCUT2D eigenvalue weighted by Crippen LogP contribution is 2.22. The molecule has 0 atom stereocenters. The quantitative estimate of drug-likeness (QED) is 0.370.